The van der Waals surface area contributed by atoms with Gasteiger partial charge in [0.25, 0.3) is 0 Å². The van der Waals surface area contributed by atoms with Gasteiger partial charge >= 0.3 is 0 Å². The Hall–Kier alpha value is -2.17. The topological polar surface area (TPSA) is 109 Å². The molecule has 3 N–H and O–H groups in total. The molecule has 0 saturated carbocycles. The molecular formula is C12H13N5O2. The highest BCUT2D eigenvalue weighted by atomic mass is 16.5. The fourth-order valence-electron chi connectivity index (χ4n) is 2.48. The summed E-state index contributed by atoms with van der Waals surface area (Å²) < 4.78 is 7.28. The Balaban J connectivity index is 2.14. The Morgan fingerprint density at radius 2 is 2.47 bits per heavy atom. The Bertz CT molecular complexity index is 662. The fourth-order valence-corrected chi connectivity index (χ4v) is 2.48. The van der Waals surface area contributed by atoms with Gasteiger partial charge in [-0.05, 0) is 25.0 Å². The van der Waals surface area contributed by atoms with E-state index < -0.39 is 5.60 Å². The van der Waals surface area contributed by atoms with Crippen LogP contribution in [-0.4, -0.2) is 32.4 Å². The van der Waals surface area contributed by atoms with Crippen molar-refractivity contribution in [2.75, 3.05) is 12.3 Å². The van der Waals surface area contributed by atoms with Crippen molar-refractivity contribution in [2.45, 2.75) is 24.5 Å². The van der Waals surface area contributed by atoms with Gasteiger partial charge in [0.1, 0.15) is 17.9 Å². The van der Waals surface area contributed by atoms with E-state index in [2.05, 4.69) is 16.2 Å². The summed E-state index contributed by atoms with van der Waals surface area (Å²) >= 11 is 0. The van der Waals surface area contributed by atoms with Crippen molar-refractivity contribution in [1.29, 1.82) is 5.26 Å². The molecule has 1 aliphatic heterocycles. The second kappa shape index (κ2) is 4.19. The molecule has 3 heterocycles. The first-order valence-electron chi connectivity index (χ1n) is 5.99. The maximum atomic E-state index is 9.49. The van der Waals surface area contributed by atoms with E-state index in [0.29, 0.717) is 29.9 Å². The largest absolute Gasteiger partial charge is 0.394 e. The summed E-state index contributed by atoms with van der Waals surface area (Å²) in [6.07, 6.45) is 2.18. The molecule has 7 nitrogen and oxygen atoms in total. The van der Waals surface area contributed by atoms with Crippen LogP contribution in [0, 0.1) is 11.3 Å². The zero-order valence-corrected chi connectivity index (χ0v) is 10.2. The standard InChI is InChI=1S/C12H13N5O2/c13-6-12(4-3-8(5-18)19-12)10-2-1-9-11(14)15-7-16-17(9)10/h1-2,7-8,18H,3-5H2,(H2,14,15,16)/t8-,12+/m0/s1. The van der Waals surface area contributed by atoms with Crippen molar-refractivity contribution in [3.8, 4) is 6.07 Å². The minimum atomic E-state index is -1.08. The molecule has 0 spiro atoms. The number of rotatable bonds is 2. The molecule has 0 aromatic carbocycles. The quantitative estimate of drug-likeness (QED) is 0.797. The van der Waals surface area contributed by atoms with Crippen molar-refractivity contribution in [3.05, 3.63) is 24.2 Å². The van der Waals surface area contributed by atoms with E-state index in [0.717, 1.165) is 0 Å². The lowest BCUT2D eigenvalue weighted by molar-refractivity contribution is -0.0324. The van der Waals surface area contributed by atoms with Gasteiger partial charge in [0.15, 0.2) is 11.4 Å². The van der Waals surface area contributed by atoms with Gasteiger partial charge in [-0.3, -0.25) is 0 Å². The number of aromatic nitrogens is 3. The maximum Gasteiger partial charge on any atom is 0.196 e. The predicted octanol–water partition coefficient (Wildman–Crippen LogP) is 0.202. The van der Waals surface area contributed by atoms with Gasteiger partial charge in [-0.15, -0.1) is 0 Å². The van der Waals surface area contributed by atoms with Gasteiger partial charge in [0.2, 0.25) is 0 Å². The molecule has 0 unspecified atom stereocenters. The molecule has 2 atom stereocenters. The Labute approximate surface area is 109 Å². The zero-order chi connectivity index (χ0) is 13.5. The summed E-state index contributed by atoms with van der Waals surface area (Å²) in [6, 6.07) is 5.73. The van der Waals surface area contributed by atoms with E-state index >= 15 is 0 Å². The maximum absolute atomic E-state index is 9.49. The lowest BCUT2D eigenvalue weighted by Gasteiger charge is -2.21. The molecule has 1 fully saturated rings. The van der Waals surface area contributed by atoms with Crippen LogP contribution in [0.5, 0.6) is 0 Å². The SMILES string of the molecule is N#C[C@@]1(c2ccc3c(N)ncnn23)CC[C@@H](CO)O1. The molecule has 19 heavy (non-hydrogen) atoms. The van der Waals surface area contributed by atoms with Gasteiger partial charge in [0, 0.05) is 0 Å². The number of anilines is 1. The minimum absolute atomic E-state index is 0.0934. The third kappa shape index (κ3) is 1.65. The van der Waals surface area contributed by atoms with E-state index in [4.69, 9.17) is 15.6 Å². The molecule has 1 saturated heterocycles. The van der Waals surface area contributed by atoms with E-state index in [-0.39, 0.29) is 12.7 Å². The second-order valence-electron chi connectivity index (χ2n) is 4.56. The normalized spacial score (nSPS) is 26.6. The van der Waals surface area contributed by atoms with Crippen LogP contribution < -0.4 is 5.73 Å². The van der Waals surface area contributed by atoms with Crippen LogP contribution in [0.15, 0.2) is 18.5 Å². The van der Waals surface area contributed by atoms with Crippen molar-refractivity contribution in [3.63, 3.8) is 0 Å². The molecule has 7 heteroatoms. The van der Waals surface area contributed by atoms with Crippen LogP contribution >= 0.6 is 0 Å². The van der Waals surface area contributed by atoms with Crippen molar-refractivity contribution >= 4 is 11.3 Å². The molecule has 2 aromatic rings. The van der Waals surface area contributed by atoms with Crippen molar-refractivity contribution in [1.82, 2.24) is 14.6 Å². The average molecular weight is 259 g/mol. The van der Waals surface area contributed by atoms with Crippen LogP contribution in [-0.2, 0) is 10.3 Å². The zero-order valence-electron chi connectivity index (χ0n) is 10.2. The summed E-state index contributed by atoms with van der Waals surface area (Å²) in [7, 11) is 0. The summed E-state index contributed by atoms with van der Waals surface area (Å²) in [6.45, 7) is -0.0934. The third-order valence-electron chi connectivity index (χ3n) is 3.47. The van der Waals surface area contributed by atoms with Gasteiger partial charge in [0.05, 0.1) is 18.4 Å². The summed E-state index contributed by atoms with van der Waals surface area (Å²) in [5.41, 5.74) is 5.95. The number of nitrogen functional groups attached to an aromatic ring is 1. The first kappa shape index (κ1) is 11.9. The molecule has 1 aliphatic rings. The number of aliphatic hydroxyl groups excluding tert-OH is 1. The number of nitrogens with two attached hydrogens (primary N) is 1. The van der Waals surface area contributed by atoms with Crippen LogP contribution in [0.3, 0.4) is 0 Å². The highest BCUT2D eigenvalue weighted by Crippen LogP contribution is 2.39. The van der Waals surface area contributed by atoms with Gasteiger partial charge in [-0.1, -0.05) is 0 Å². The average Bonchev–Trinajstić information content (AvgIpc) is 3.03. The number of aliphatic hydroxyl groups is 1. The molecule has 0 radical (unpaired) electrons. The third-order valence-corrected chi connectivity index (χ3v) is 3.47. The number of hydrogen-bond acceptors (Lipinski definition) is 6. The van der Waals surface area contributed by atoms with Crippen LogP contribution in [0.4, 0.5) is 5.82 Å². The molecule has 98 valence electrons. The smallest absolute Gasteiger partial charge is 0.196 e. The number of ether oxygens (including phenoxy) is 1. The summed E-state index contributed by atoms with van der Waals surface area (Å²) in [4.78, 5) is 3.91. The van der Waals surface area contributed by atoms with Crippen LogP contribution in [0.25, 0.3) is 5.52 Å². The highest BCUT2D eigenvalue weighted by Gasteiger charge is 2.44. The van der Waals surface area contributed by atoms with Gasteiger partial charge in [-0.2, -0.15) is 10.4 Å². The molecule has 3 rings (SSSR count). The molecule has 0 aliphatic carbocycles. The van der Waals surface area contributed by atoms with Crippen molar-refractivity contribution < 1.29 is 9.84 Å². The number of fused-ring (bicyclic) bond motifs is 1. The predicted molar refractivity (Wildman–Crippen MR) is 65.9 cm³/mol. The Kier molecular flexibility index (Phi) is 2.62. The highest BCUT2D eigenvalue weighted by molar-refractivity contribution is 5.65. The first-order valence-corrected chi connectivity index (χ1v) is 5.99. The number of nitrogens with zero attached hydrogens (tertiary/aromatic N) is 4. The van der Waals surface area contributed by atoms with Crippen LogP contribution in [0.1, 0.15) is 18.5 Å². The van der Waals surface area contributed by atoms with E-state index in [9.17, 15) is 5.26 Å². The fraction of sp³-hybridized carbons (Fsp3) is 0.417. The van der Waals surface area contributed by atoms with Gasteiger partial charge < -0.3 is 15.6 Å². The second-order valence-corrected chi connectivity index (χ2v) is 4.56. The lowest BCUT2D eigenvalue weighted by atomic mass is 9.98. The van der Waals surface area contributed by atoms with Gasteiger partial charge in [-0.25, -0.2) is 9.50 Å². The molecule has 0 bridgehead atoms. The minimum Gasteiger partial charge on any atom is -0.394 e. The van der Waals surface area contributed by atoms with E-state index in [1.165, 1.54) is 6.33 Å². The van der Waals surface area contributed by atoms with Crippen molar-refractivity contribution in [2.24, 2.45) is 0 Å². The molecule has 2 aromatic heterocycles. The van der Waals surface area contributed by atoms with E-state index in [1.54, 1.807) is 16.6 Å². The summed E-state index contributed by atoms with van der Waals surface area (Å²) in [5.74, 6) is 0.353. The monoisotopic (exact) mass is 259 g/mol. The number of hydrogen-bond donors (Lipinski definition) is 2. The summed E-state index contributed by atoms with van der Waals surface area (Å²) in [5, 5.41) is 22.8. The lowest BCUT2D eigenvalue weighted by Crippen LogP contribution is -2.27. The first-order chi connectivity index (χ1) is 9.20. The molecule has 0 amide bonds. The molecular weight excluding hydrogens is 246 g/mol. The van der Waals surface area contributed by atoms with Crippen LogP contribution in [0.2, 0.25) is 0 Å². The number of nitriles is 1. The Morgan fingerprint density at radius 1 is 1.63 bits per heavy atom. The van der Waals surface area contributed by atoms with E-state index in [1.807, 2.05) is 0 Å². The Morgan fingerprint density at radius 3 is 3.16 bits per heavy atom.